The largest absolute Gasteiger partial charge is 0.389 e. The molecule has 3 saturated carbocycles. The van der Waals surface area contributed by atoms with Crippen LogP contribution in [-0.4, -0.2) is 40.6 Å². The van der Waals surface area contributed by atoms with Gasteiger partial charge in [0.1, 0.15) is 0 Å². The fraction of sp³-hybridized carbons (Fsp3) is 0.917. The predicted molar refractivity (Wildman–Crippen MR) is 59.6 cm³/mol. The molecule has 1 amide bonds. The van der Waals surface area contributed by atoms with E-state index in [-0.39, 0.29) is 23.0 Å². The monoisotopic (exact) mass is 224 g/mol. The molecule has 0 atom stereocenters. The first-order valence-corrected chi connectivity index (χ1v) is 6.29. The number of nitrogens with two attached hydrogens (primary N) is 1. The van der Waals surface area contributed by atoms with Gasteiger partial charge < -0.3 is 15.7 Å². The van der Waals surface area contributed by atoms with Gasteiger partial charge in [-0.15, -0.1) is 0 Å². The number of hydrogen-bond donors (Lipinski definition) is 2. The van der Waals surface area contributed by atoms with Crippen LogP contribution in [0.1, 0.15) is 38.5 Å². The number of hydrogen-bond acceptors (Lipinski definition) is 3. The summed E-state index contributed by atoms with van der Waals surface area (Å²) in [5, 5.41) is 9.26. The summed E-state index contributed by atoms with van der Waals surface area (Å²) in [4.78, 5) is 14.2. The second-order valence-corrected chi connectivity index (χ2v) is 6.01. The van der Waals surface area contributed by atoms with E-state index in [1.165, 1.54) is 0 Å². The number of nitrogens with zero attached hydrogens (tertiary/aromatic N) is 1. The minimum atomic E-state index is -0.291. The van der Waals surface area contributed by atoms with Crippen molar-refractivity contribution in [3.8, 4) is 0 Å². The molecule has 4 fully saturated rings. The summed E-state index contributed by atoms with van der Waals surface area (Å²) in [5.74, 6) is 0.277. The molecule has 0 radical (unpaired) electrons. The predicted octanol–water partition coefficient (Wildman–Crippen LogP) is 0.241. The number of carbonyl (C=O) groups is 1. The van der Waals surface area contributed by atoms with Gasteiger partial charge in [-0.1, -0.05) is 0 Å². The Labute approximate surface area is 95.8 Å². The highest BCUT2D eigenvalue weighted by Gasteiger charge is 2.53. The van der Waals surface area contributed by atoms with Crippen molar-refractivity contribution in [1.29, 1.82) is 0 Å². The van der Waals surface area contributed by atoms with Gasteiger partial charge in [0.25, 0.3) is 0 Å². The average molecular weight is 224 g/mol. The van der Waals surface area contributed by atoms with Gasteiger partial charge >= 0.3 is 0 Å². The van der Waals surface area contributed by atoms with E-state index in [0.717, 1.165) is 38.5 Å². The zero-order valence-corrected chi connectivity index (χ0v) is 9.61. The number of amides is 1. The van der Waals surface area contributed by atoms with Crippen molar-refractivity contribution in [2.45, 2.75) is 50.2 Å². The summed E-state index contributed by atoms with van der Waals surface area (Å²) in [6.07, 6.45) is 5.55. The van der Waals surface area contributed by atoms with E-state index < -0.39 is 0 Å². The third-order valence-corrected chi connectivity index (χ3v) is 4.91. The summed E-state index contributed by atoms with van der Waals surface area (Å²) in [6, 6.07) is 0. The second kappa shape index (κ2) is 3.20. The van der Waals surface area contributed by atoms with Gasteiger partial charge in [0.2, 0.25) is 5.91 Å². The van der Waals surface area contributed by atoms with Crippen molar-refractivity contribution in [3.63, 3.8) is 0 Å². The van der Waals surface area contributed by atoms with Crippen molar-refractivity contribution in [3.05, 3.63) is 0 Å². The van der Waals surface area contributed by atoms with Crippen molar-refractivity contribution in [1.82, 2.24) is 4.90 Å². The van der Waals surface area contributed by atoms with Crippen LogP contribution in [0.4, 0.5) is 0 Å². The molecule has 3 aliphatic carbocycles. The standard InChI is InChI=1S/C12H20N2O2/c13-12-4-1-11(2-5-12,3-6-12)10(16)14-7-9(15)8-14/h9,15H,1-8,13H2. The Bertz CT molecular complexity index is 298. The Morgan fingerprint density at radius 2 is 1.62 bits per heavy atom. The van der Waals surface area contributed by atoms with Crippen molar-refractivity contribution < 1.29 is 9.90 Å². The van der Waals surface area contributed by atoms with E-state index in [9.17, 15) is 9.90 Å². The molecule has 4 aliphatic rings. The van der Waals surface area contributed by atoms with E-state index in [1.807, 2.05) is 4.90 Å². The fourth-order valence-corrected chi connectivity index (χ4v) is 3.49. The average Bonchev–Trinajstić information content (AvgIpc) is 2.25. The van der Waals surface area contributed by atoms with Crippen molar-refractivity contribution in [2.24, 2.45) is 11.1 Å². The van der Waals surface area contributed by atoms with Crippen molar-refractivity contribution in [2.75, 3.05) is 13.1 Å². The Balaban J connectivity index is 1.72. The van der Waals surface area contributed by atoms with E-state index in [0.29, 0.717) is 13.1 Å². The zero-order valence-electron chi connectivity index (χ0n) is 9.61. The third-order valence-electron chi connectivity index (χ3n) is 4.91. The maximum Gasteiger partial charge on any atom is 0.228 e. The molecule has 1 heterocycles. The first-order chi connectivity index (χ1) is 7.53. The van der Waals surface area contributed by atoms with Crippen LogP contribution in [0.15, 0.2) is 0 Å². The van der Waals surface area contributed by atoms with Gasteiger partial charge in [0.05, 0.1) is 6.10 Å². The number of carbonyl (C=O) groups excluding carboxylic acids is 1. The molecule has 4 rings (SSSR count). The van der Waals surface area contributed by atoms with E-state index in [1.54, 1.807) is 0 Å². The van der Waals surface area contributed by atoms with E-state index >= 15 is 0 Å². The maximum absolute atomic E-state index is 12.4. The molecule has 90 valence electrons. The molecule has 1 aliphatic heterocycles. The molecular formula is C12H20N2O2. The molecule has 0 aromatic heterocycles. The first-order valence-electron chi connectivity index (χ1n) is 6.29. The maximum atomic E-state index is 12.4. The van der Waals surface area contributed by atoms with Crippen LogP contribution in [0.3, 0.4) is 0 Å². The summed E-state index contributed by atoms with van der Waals surface area (Å²) >= 11 is 0. The molecular weight excluding hydrogens is 204 g/mol. The number of rotatable bonds is 1. The number of aliphatic hydroxyl groups excluding tert-OH is 1. The third kappa shape index (κ3) is 1.39. The van der Waals surface area contributed by atoms with Crippen LogP contribution in [-0.2, 0) is 4.79 Å². The summed E-state index contributed by atoms with van der Waals surface area (Å²) in [5.41, 5.74) is 6.14. The van der Waals surface area contributed by atoms with Crippen molar-refractivity contribution >= 4 is 5.91 Å². The highest BCUT2D eigenvalue weighted by molar-refractivity contribution is 5.84. The number of aliphatic hydroxyl groups is 1. The number of β-amino-alcohol motifs (C(OH)–C–C–N with tert-alkyl or cyclic N) is 1. The Morgan fingerprint density at radius 3 is 2.06 bits per heavy atom. The molecule has 4 nitrogen and oxygen atoms in total. The quantitative estimate of drug-likeness (QED) is 0.670. The Morgan fingerprint density at radius 1 is 1.12 bits per heavy atom. The van der Waals surface area contributed by atoms with E-state index in [2.05, 4.69) is 0 Å². The highest BCUT2D eigenvalue weighted by atomic mass is 16.3. The van der Waals surface area contributed by atoms with E-state index in [4.69, 9.17) is 5.73 Å². The van der Waals surface area contributed by atoms with Gasteiger partial charge in [0, 0.05) is 24.0 Å². The van der Waals surface area contributed by atoms with Gasteiger partial charge in [-0.3, -0.25) is 4.79 Å². The molecule has 2 bridgehead atoms. The molecule has 1 saturated heterocycles. The van der Waals surface area contributed by atoms with Gasteiger partial charge in [0.15, 0.2) is 0 Å². The van der Waals surface area contributed by atoms with Crippen LogP contribution >= 0.6 is 0 Å². The molecule has 16 heavy (non-hydrogen) atoms. The lowest BCUT2D eigenvalue weighted by Crippen LogP contribution is -2.62. The van der Waals surface area contributed by atoms with Gasteiger partial charge in [-0.2, -0.15) is 0 Å². The minimum Gasteiger partial charge on any atom is -0.389 e. The van der Waals surface area contributed by atoms with Crippen LogP contribution in [0.5, 0.6) is 0 Å². The molecule has 0 aromatic rings. The summed E-state index contributed by atoms with van der Waals surface area (Å²) in [6.45, 7) is 1.07. The molecule has 0 spiro atoms. The summed E-state index contributed by atoms with van der Waals surface area (Å²) in [7, 11) is 0. The Hall–Kier alpha value is -0.610. The second-order valence-electron chi connectivity index (χ2n) is 6.01. The minimum absolute atomic E-state index is 0.0243. The lowest BCUT2D eigenvalue weighted by atomic mass is 9.57. The lowest BCUT2D eigenvalue weighted by molar-refractivity contribution is -0.159. The zero-order chi connectivity index (χ0) is 11.4. The molecule has 3 N–H and O–H groups in total. The molecule has 0 aromatic carbocycles. The first kappa shape index (κ1) is 10.5. The smallest absolute Gasteiger partial charge is 0.228 e. The van der Waals surface area contributed by atoms with Crippen LogP contribution in [0.25, 0.3) is 0 Å². The van der Waals surface area contributed by atoms with Gasteiger partial charge in [-0.25, -0.2) is 0 Å². The Kier molecular flexibility index (Phi) is 2.11. The summed E-state index contributed by atoms with van der Waals surface area (Å²) < 4.78 is 0. The normalized spacial score (nSPS) is 43.2. The van der Waals surface area contributed by atoms with Crippen LogP contribution in [0.2, 0.25) is 0 Å². The SMILES string of the molecule is NC12CCC(C(=O)N3CC(O)C3)(CC1)CC2. The number of fused-ring (bicyclic) bond motifs is 3. The topological polar surface area (TPSA) is 66.6 Å². The molecule has 4 heteroatoms. The van der Waals surface area contributed by atoms with Crippen LogP contribution < -0.4 is 5.73 Å². The van der Waals surface area contributed by atoms with Gasteiger partial charge in [-0.05, 0) is 38.5 Å². The highest BCUT2D eigenvalue weighted by Crippen LogP contribution is 2.52. The fourth-order valence-electron chi connectivity index (χ4n) is 3.49. The van der Waals surface area contributed by atoms with Crippen LogP contribution in [0, 0.1) is 5.41 Å². The number of likely N-dealkylation sites (tertiary alicyclic amines) is 1. The molecule has 0 unspecified atom stereocenters. The lowest BCUT2D eigenvalue weighted by Gasteiger charge is -2.53.